The molecule has 0 amide bonds. The van der Waals surface area contributed by atoms with Gasteiger partial charge in [0.05, 0.1) is 17.0 Å². The number of thioether (sulfide) groups is 1. The lowest BCUT2D eigenvalue weighted by Gasteiger charge is -2.13. The molecule has 0 aliphatic carbocycles. The lowest BCUT2D eigenvalue weighted by molar-refractivity contribution is 0.387. The first-order chi connectivity index (χ1) is 17.3. The highest BCUT2D eigenvalue weighted by molar-refractivity contribution is 7.98. The van der Waals surface area contributed by atoms with E-state index in [0.717, 1.165) is 44.4 Å². The SMILES string of the molecule is Cc1noc(CSc2nnc(-c3cc(-c4ccccc4)nc4ccccc34)n2-c2ccccc2)n1. The van der Waals surface area contributed by atoms with E-state index >= 15 is 0 Å². The maximum atomic E-state index is 5.30. The van der Waals surface area contributed by atoms with E-state index in [-0.39, 0.29) is 0 Å². The zero-order chi connectivity index (χ0) is 23.6. The highest BCUT2D eigenvalue weighted by Gasteiger charge is 2.20. The summed E-state index contributed by atoms with van der Waals surface area (Å²) in [5.41, 5.74) is 4.77. The van der Waals surface area contributed by atoms with Gasteiger partial charge in [-0.3, -0.25) is 4.57 Å². The lowest BCUT2D eigenvalue weighted by atomic mass is 10.0. The first-order valence-corrected chi connectivity index (χ1v) is 12.1. The highest BCUT2D eigenvalue weighted by atomic mass is 32.2. The first kappa shape index (κ1) is 21.2. The summed E-state index contributed by atoms with van der Waals surface area (Å²) in [5, 5.41) is 14.9. The Morgan fingerprint density at radius 3 is 2.34 bits per heavy atom. The predicted molar refractivity (Wildman–Crippen MR) is 136 cm³/mol. The second-order valence-corrected chi connectivity index (χ2v) is 8.88. The van der Waals surface area contributed by atoms with Gasteiger partial charge < -0.3 is 4.52 Å². The molecule has 3 aromatic carbocycles. The van der Waals surface area contributed by atoms with Gasteiger partial charge in [0.1, 0.15) is 0 Å². The third-order valence-corrected chi connectivity index (χ3v) is 6.48. The minimum atomic E-state index is 0.498. The summed E-state index contributed by atoms with van der Waals surface area (Å²) in [6, 6.07) is 30.5. The standard InChI is InChI=1S/C27H20N6OS/c1-18-28-25(34-32-18)17-35-27-31-30-26(33(27)20-12-6-3-7-13-20)22-16-24(19-10-4-2-5-11-19)29-23-15-9-8-14-21(22)23/h2-16H,17H2,1H3. The Kier molecular flexibility index (Phi) is 5.56. The molecule has 3 heterocycles. The summed E-state index contributed by atoms with van der Waals surface area (Å²) < 4.78 is 7.37. The number of hydrogen-bond donors (Lipinski definition) is 0. The highest BCUT2D eigenvalue weighted by Crippen LogP contribution is 2.35. The van der Waals surface area contributed by atoms with E-state index in [4.69, 9.17) is 9.51 Å². The van der Waals surface area contributed by atoms with Crippen molar-refractivity contribution in [2.75, 3.05) is 0 Å². The Bertz CT molecular complexity index is 1610. The molecule has 0 aliphatic rings. The van der Waals surface area contributed by atoms with Gasteiger partial charge in [0.15, 0.2) is 16.8 Å². The summed E-state index contributed by atoms with van der Waals surface area (Å²) in [6.07, 6.45) is 0. The van der Waals surface area contributed by atoms with E-state index in [1.165, 1.54) is 11.8 Å². The van der Waals surface area contributed by atoms with Crippen molar-refractivity contribution in [3.63, 3.8) is 0 Å². The molecule has 0 saturated heterocycles. The van der Waals surface area contributed by atoms with Gasteiger partial charge in [-0.15, -0.1) is 10.2 Å². The van der Waals surface area contributed by atoms with Crippen molar-refractivity contribution in [3.05, 3.63) is 103 Å². The van der Waals surface area contributed by atoms with Crippen LogP contribution in [0.4, 0.5) is 0 Å². The van der Waals surface area contributed by atoms with Crippen LogP contribution in [0, 0.1) is 6.92 Å². The van der Waals surface area contributed by atoms with Crippen molar-refractivity contribution in [3.8, 4) is 28.3 Å². The van der Waals surface area contributed by atoms with E-state index in [2.05, 4.69) is 61.3 Å². The molecule has 0 N–H and O–H groups in total. The fourth-order valence-corrected chi connectivity index (χ4v) is 4.78. The van der Waals surface area contributed by atoms with Crippen molar-refractivity contribution in [1.82, 2.24) is 29.9 Å². The number of aromatic nitrogens is 6. The molecule has 0 atom stereocenters. The van der Waals surface area contributed by atoms with E-state index in [1.54, 1.807) is 6.92 Å². The normalized spacial score (nSPS) is 11.2. The van der Waals surface area contributed by atoms with Crippen molar-refractivity contribution in [2.24, 2.45) is 0 Å². The van der Waals surface area contributed by atoms with E-state index < -0.39 is 0 Å². The average molecular weight is 477 g/mol. The zero-order valence-corrected chi connectivity index (χ0v) is 19.7. The third-order valence-electron chi connectivity index (χ3n) is 5.57. The smallest absolute Gasteiger partial charge is 0.237 e. The van der Waals surface area contributed by atoms with E-state index in [1.807, 2.05) is 54.6 Å². The molecular weight excluding hydrogens is 456 g/mol. The second-order valence-electron chi connectivity index (χ2n) is 7.94. The molecule has 0 spiro atoms. The number of benzene rings is 3. The van der Waals surface area contributed by atoms with Gasteiger partial charge >= 0.3 is 0 Å². The molecule has 3 aromatic heterocycles. The van der Waals surface area contributed by atoms with Crippen LogP contribution in [0.2, 0.25) is 0 Å². The van der Waals surface area contributed by atoms with Gasteiger partial charge in [0.25, 0.3) is 0 Å². The van der Waals surface area contributed by atoms with Crippen LogP contribution in [0.1, 0.15) is 11.7 Å². The Morgan fingerprint density at radius 2 is 1.57 bits per heavy atom. The van der Waals surface area contributed by atoms with Crippen LogP contribution in [-0.4, -0.2) is 29.9 Å². The van der Waals surface area contributed by atoms with Crippen LogP contribution >= 0.6 is 11.8 Å². The summed E-state index contributed by atoms with van der Waals surface area (Å²) in [6.45, 7) is 1.81. The zero-order valence-electron chi connectivity index (χ0n) is 18.9. The quantitative estimate of drug-likeness (QED) is 0.267. The fraction of sp³-hybridized carbons (Fsp3) is 0.0741. The summed E-state index contributed by atoms with van der Waals surface area (Å²) >= 11 is 1.51. The summed E-state index contributed by atoms with van der Waals surface area (Å²) in [4.78, 5) is 9.24. The van der Waals surface area contributed by atoms with Crippen LogP contribution in [0.15, 0.2) is 101 Å². The van der Waals surface area contributed by atoms with Gasteiger partial charge in [-0.25, -0.2) is 4.98 Å². The molecule has 0 saturated carbocycles. The Labute approximate surface area is 205 Å². The van der Waals surface area contributed by atoms with Gasteiger partial charge in [0.2, 0.25) is 5.89 Å². The Hall–Kier alpha value is -4.30. The van der Waals surface area contributed by atoms with Crippen LogP contribution in [-0.2, 0) is 5.75 Å². The number of rotatable bonds is 6. The number of fused-ring (bicyclic) bond motifs is 1. The summed E-state index contributed by atoms with van der Waals surface area (Å²) in [5.74, 6) is 2.41. The molecule has 6 aromatic rings. The van der Waals surface area contributed by atoms with Gasteiger partial charge in [0, 0.05) is 22.2 Å². The molecule has 170 valence electrons. The number of aryl methyl sites for hydroxylation is 1. The van der Waals surface area contributed by atoms with Crippen LogP contribution in [0.25, 0.3) is 39.2 Å². The van der Waals surface area contributed by atoms with E-state index in [0.29, 0.717) is 17.5 Å². The molecule has 0 unspecified atom stereocenters. The van der Waals surface area contributed by atoms with Gasteiger partial charge in [-0.2, -0.15) is 4.98 Å². The molecular formula is C27H20N6OS. The first-order valence-electron chi connectivity index (χ1n) is 11.1. The Morgan fingerprint density at radius 1 is 0.829 bits per heavy atom. The molecule has 0 fully saturated rings. The van der Waals surface area contributed by atoms with Crippen molar-refractivity contribution in [2.45, 2.75) is 17.8 Å². The van der Waals surface area contributed by atoms with Crippen LogP contribution in [0.3, 0.4) is 0 Å². The number of pyridine rings is 1. The van der Waals surface area contributed by atoms with Crippen LogP contribution < -0.4 is 0 Å². The van der Waals surface area contributed by atoms with Gasteiger partial charge in [-0.05, 0) is 31.2 Å². The molecule has 0 bridgehead atoms. The number of nitrogens with zero attached hydrogens (tertiary/aromatic N) is 6. The van der Waals surface area contributed by atoms with Crippen LogP contribution in [0.5, 0.6) is 0 Å². The lowest BCUT2D eigenvalue weighted by Crippen LogP contribution is -2.01. The maximum absolute atomic E-state index is 5.30. The molecule has 8 heteroatoms. The minimum absolute atomic E-state index is 0.498. The number of hydrogen-bond acceptors (Lipinski definition) is 7. The third kappa shape index (κ3) is 4.20. The molecule has 0 radical (unpaired) electrons. The predicted octanol–water partition coefficient (Wildman–Crippen LogP) is 6.13. The molecule has 35 heavy (non-hydrogen) atoms. The van der Waals surface area contributed by atoms with Crippen molar-refractivity contribution in [1.29, 1.82) is 0 Å². The molecule has 7 nitrogen and oxygen atoms in total. The second kappa shape index (κ2) is 9.15. The molecule has 0 aliphatic heterocycles. The average Bonchev–Trinajstić information content (AvgIpc) is 3.53. The molecule has 6 rings (SSSR count). The Balaban J connectivity index is 1.53. The maximum Gasteiger partial charge on any atom is 0.237 e. The van der Waals surface area contributed by atoms with Crippen molar-refractivity contribution >= 4 is 22.7 Å². The fourth-order valence-electron chi connectivity index (χ4n) is 3.99. The monoisotopic (exact) mass is 476 g/mol. The topological polar surface area (TPSA) is 82.5 Å². The number of para-hydroxylation sites is 2. The largest absolute Gasteiger partial charge is 0.338 e. The van der Waals surface area contributed by atoms with Crippen molar-refractivity contribution < 1.29 is 4.52 Å². The van der Waals surface area contributed by atoms with Gasteiger partial charge in [-0.1, -0.05) is 83.6 Å². The van der Waals surface area contributed by atoms with E-state index in [9.17, 15) is 0 Å². The summed E-state index contributed by atoms with van der Waals surface area (Å²) in [7, 11) is 0. The minimum Gasteiger partial charge on any atom is -0.338 e.